The predicted molar refractivity (Wildman–Crippen MR) is 52.7 cm³/mol. The SMILES string of the molecule is CCOC(=O)c1c(-c2ncco2)noc1C. The third kappa shape index (κ3) is 1.69. The monoisotopic (exact) mass is 222 g/mol. The number of carbonyl (C=O) groups is 1. The largest absolute Gasteiger partial charge is 0.462 e. The first kappa shape index (κ1) is 10.4. The Hall–Kier alpha value is -2.11. The second-order valence-corrected chi connectivity index (χ2v) is 3.02. The Morgan fingerprint density at radius 2 is 2.38 bits per heavy atom. The van der Waals surface area contributed by atoms with Gasteiger partial charge in [0, 0.05) is 0 Å². The zero-order valence-electron chi connectivity index (χ0n) is 8.89. The molecule has 0 N–H and O–H groups in total. The Morgan fingerprint density at radius 1 is 1.56 bits per heavy atom. The number of hydrogen-bond acceptors (Lipinski definition) is 6. The van der Waals surface area contributed by atoms with Crippen molar-refractivity contribution >= 4 is 5.97 Å². The maximum Gasteiger partial charge on any atom is 0.344 e. The van der Waals surface area contributed by atoms with Crippen LogP contribution in [0.4, 0.5) is 0 Å². The molecule has 6 heteroatoms. The van der Waals surface area contributed by atoms with Crippen LogP contribution in [0.25, 0.3) is 11.6 Å². The van der Waals surface area contributed by atoms with Crippen molar-refractivity contribution in [3.63, 3.8) is 0 Å². The Morgan fingerprint density at radius 3 is 3.00 bits per heavy atom. The van der Waals surface area contributed by atoms with Crippen LogP contribution in [0.3, 0.4) is 0 Å². The molecule has 0 spiro atoms. The van der Waals surface area contributed by atoms with Gasteiger partial charge in [-0.1, -0.05) is 5.16 Å². The number of aryl methyl sites for hydroxylation is 1. The maximum absolute atomic E-state index is 11.7. The molecule has 2 aromatic rings. The first-order valence-corrected chi connectivity index (χ1v) is 4.77. The third-order valence-corrected chi connectivity index (χ3v) is 1.98. The van der Waals surface area contributed by atoms with Gasteiger partial charge in [-0.2, -0.15) is 0 Å². The summed E-state index contributed by atoms with van der Waals surface area (Å²) >= 11 is 0. The van der Waals surface area contributed by atoms with Gasteiger partial charge in [-0.05, 0) is 13.8 Å². The lowest BCUT2D eigenvalue weighted by molar-refractivity contribution is 0.0525. The molecule has 0 saturated heterocycles. The fraction of sp³-hybridized carbons (Fsp3) is 0.300. The van der Waals surface area contributed by atoms with Crippen LogP contribution >= 0.6 is 0 Å². The van der Waals surface area contributed by atoms with E-state index in [9.17, 15) is 4.79 Å². The van der Waals surface area contributed by atoms with Gasteiger partial charge < -0.3 is 13.7 Å². The molecule has 2 rings (SSSR count). The topological polar surface area (TPSA) is 78.4 Å². The molecule has 0 saturated carbocycles. The van der Waals surface area contributed by atoms with E-state index in [1.807, 2.05) is 0 Å². The molecule has 0 aliphatic rings. The molecule has 0 atom stereocenters. The Bertz CT molecular complexity index is 487. The summed E-state index contributed by atoms with van der Waals surface area (Å²) in [4.78, 5) is 15.6. The minimum atomic E-state index is -0.491. The zero-order chi connectivity index (χ0) is 11.5. The van der Waals surface area contributed by atoms with Crippen molar-refractivity contribution in [2.45, 2.75) is 13.8 Å². The number of oxazole rings is 1. The van der Waals surface area contributed by atoms with Crippen LogP contribution in [-0.2, 0) is 4.74 Å². The van der Waals surface area contributed by atoms with Gasteiger partial charge >= 0.3 is 5.97 Å². The fourth-order valence-corrected chi connectivity index (χ4v) is 1.30. The van der Waals surface area contributed by atoms with Crippen LogP contribution in [0.1, 0.15) is 23.0 Å². The van der Waals surface area contributed by atoms with E-state index < -0.39 is 5.97 Å². The highest BCUT2D eigenvalue weighted by atomic mass is 16.5. The smallest absolute Gasteiger partial charge is 0.344 e. The molecule has 0 amide bonds. The molecule has 0 unspecified atom stereocenters. The molecule has 0 aromatic carbocycles. The molecule has 0 fully saturated rings. The molecule has 2 aromatic heterocycles. The van der Waals surface area contributed by atoms with Gasteiger partial charge in [0.1, 0.15) is 17.6 Å². The second kappa shape index (κ2) is 4.18. The minimum absolute atomic E-state index is 0.236. The summed E-state index contributed by atoms with van der Waals surface area (Å²) in [5.41, 5.74) is 0.519. The van der Waals surface area contributed by atoms with E-state index in [0.717, 1.165) is 0 Å². The summed E-state index contributed by atoms with van der Waals surface area (Å²) in [6, 6.07) is 0. The molecule has 6 nitrogen and oxygen atoms in total. The number of carbonyl (C=O) groups excluding carboxylic acids is 1. The van der Waals surface area contributed by atoms with E-state index in [4.69, 9.17) is 13.7 Å². The Labute approximate surface area is 91.2 Å². The lowest BCUT2D eigenvalue weighted by atomic mass is 10.2. The maximum atomic E-state index is 11.7. The summed E-state index contributed by atoms with van der Waals surface area (Å²) in [5.74, 6) is 0.126. The molecule has 0 aliphatic carbocycles. The zero-order valence-corrected chi connectivity index (χ0v) is 8.89. The highest BCUT2D eigenvalue weighted by Gasteiger charge is 2.25. The second-order valence-electron chi connectivity index (χ2n) is 3.02. The summed E-state index contributed by atoms with van der Waals surface area (Å²) in [5, 5.41) is 3.73. The van der Waals surface area contributed by atoms with Crippen LogP contribution in [0.2, 0.25) is 0 Å². The van der Waals surface area contributed by atoms with Gasteiger partial charge in [0.25, 0.3) is 0 Å². The van der Waals surface area contributed by atoms with Gasteiger partial charge in [0.2, 0.25) is 5.89 Å². The molecule has 0 bridgehead atoms. The molecular weight excluding hydrogens is 212 g/mol. The summed E-state index contributed by atoms with van der Waals surface area (Å²) in [7, 11) is 0. The number of nitrogens with zero attached hydrogens (tertiary/aromatic N) is 2. The molecular formula is C10H10N2O4. The van der Waals surface area contributed by atoms with Crippen LogP contribution in [-0.4, -0.2) is 22.7 Å². The van der Waals surface area contributed by atoms with Crippen molar-refractivity contribution in [3.05, 3.63) is 23.8 Å². The van der Waals surface area contributed by atoms with Crippen molar-refractivity contribution in [1.82, 2.24) is 10.1 Å². The van der Waals surface area contributed by atoms with Gasteiger partial charge in [-0.15, -0.1) is 0 Å². The minimum Gasteiger partial charge on any atom is -0.462 e. The van der Waals surface area contributed by atoms with E-state index in [1.165, 1.54) is 12.5 Å². The third-order valence-electron chi connectivity index (χ3n) is 1.98. The standard InChI is InChI=1S/C10H10N2O4/c1-3-14-10(13)7-6(2)16-12-8(7)9-11-4-5-15-9/h4-5H,3H2,1-2H3. The van der Waals surface area contributed by atoms with Gasteiger partial charge in [0.15, 0.2) is 5.69 Å². The highest BCUT2D eigenvalue weighted by molar-refractivity contribution is 5.96. The predicted octanol–water partition coefficient (Wildman–Crippen LogP) is 1.81. The van der Waals surface area contributed by atoms with Crippen LogP contribution in [0.5, 0.6) is 0 Å². The molecule has 0 radical (unpaired) electrons. The molecule has 2 heterocycles. The summed E-state index contributed by atoms with van der Waals surface area (Å²) in [6.45, 7) is 3.64. The molecule has 16 heavy (non-hydrogen) atoms. The lowest BCUT2D eigenvalue weighted by Gasteiger charge is -1.99. The van der Waals surface area contributed by atoms with Gasteiger partial charge in [-0.3, -0.25) is 0 Å². The average Bonchev–Trinajstić information content (AvgIpc) is 2.86. The Kier molecular flexibility index (Phi) is 2.72. The van der Waals surface area contributed by atoms with E-state index in [2.05, 4.69) is 10.1 Å². The van der Waals surface area contributed by atoms with Crippen molar-refractivity contribution < 1.29 is 18.5 Å². The van der Waals surface area contributed by atoms with E-state index >= 15 is 0 Å². The first-order chi connectivity index (χ1) is 7.74. The number of aromatic nitrogens is 2. The Balaban J connectivity index is 2.44. The van der Waals surface area contributed by atoms with Crippen molar-refractivity contribution in [2.75, 3.05) is 6.61 Å². The van der Waals surface area contributed by atoms with Crippen molar-refractivity contribution in [1.29, 1.82) is 0 Å². The van der Waals surface area contributed by atoms with E-state index in [1.54, 1.807) is 13.8 Å². The first-order valence-electron chi connectivity index (χ1n) is 4.77. The van der Waals surface area contributed by atoms with E-state index in [0.29, 0.717) is 5.76 Å². The number of rotatable bonds is 3. The summed E-state index contributed by atoms with van der Waals surface area (Å²) in [6.07, 6.45) is 2.86. The van der Waals surface area contributed by atoms with Gasteiger partial charge in [-0.25, -0.2) is 9.78 Å². The lowest BCUT2D eigenvalue weighted by Crippen LogP contribution is -2.06. The highest BCUT2D eigenvalue weighted by Crippen LogP contribution is 2.24. The summed E-state index contributed by atoms with van der Waals surface area (Å²) < 4.78 is 14.9. The number of ether oxygens (including phenoxy) is 1. The number of esters is 1. The van der Waals surface area contributed by atoms with Crippen LogP contribution < -0.4 is 0 Å². The van der Waals surface area contributed by atoms with Crippen molar-refractivity contribution in [3.8, 4) is 11.6 Å². The van der Waals surface area contributed by atoms with Gasteiger partial charge in [0.05, 0.1) is 12.8 Å². The number of hydrogen-bond donors (Lipinski definition) is 0. The van der Waals surface area contributed by atoms with Crippen LogP contribution in [0, 0.1) is 6.92 Å². The molecule has 84 valence electrons. The fourth-order valence-electron chi connectivity index (χ4n) is 1.30. The van der Waals surface area contributed by atoms with E-state index in [-0.39, 0.29) is 23.8 Å². The van der Waals surface area contributed by atoms with Crippen LogP contribution in [0.15, 0.2) is 21.4 Å². The average molecular weight is 222 g/mol. The molecule has 0 aliphatic heterocycles. The van der Waals surface area contributed by atoms with Crippen molar-refractivity contribution in [2.24, 2.45) is 0 Å². The normalized spacial score (nSPS) is 10.4. The quantitative estimate of drug-likeness (QED) is 0.737.